The summed E-state index contributed by atoms with van der Waals surface area (Å²) in [5.74, 6) is 0.919. The quantitative estimate of drug-likeness (QED) is 0.888. The lowest BCUT2D eigenvalue weighted by atomic mass is 9.88. The van der Waals surface area contributed by atoms with Crippen molar-refractivity contribution in [1.29, 1.82) is 0 Å². The molecule has 1 aromatic rings. The molecule has 3 atom stereocenters. The van der Waals surface area contributed by atoms with E-state index in [1.165, 1.54) is 18.5 Å². The number of hydrogen-bond donors (Lipinski definition) is 1. The van der Waals surface area contributed by atoms with E-state index in [4.69, 9.17) is 0 Å². The molecule has 6 heteroatoms. The van der Waals surface area contributed by atoms with Crippen molar-refractivity contribution in [2.45, 2.75) is 25.3 Å². The van der Waals surface area contributed by atoms with Gasteiger partial charge in [0.1, 0.15) is 5.75 Å². The monoisotopic (exact) mass is 303 g/mol. The molecule has 3 rings (SSSR count). The number of pyridine rings is 1. The first-order valence-electron chi connectivity index (χ1n) is 7.61. The third-order valence-corrected chi connectivity index (χ3v) is 5.03. The predicted molar refractivity (Wildman–Crippen MR) is 80.3 cm³/mol. The summed E-state index contributed by atoms with van der Waals surface area (Å²) in [6.07, 6.45) is 5.17. The first kappa shape index (κ1) is 14.8. The van der Waals surface area contributed by atoms with Crippen LogP contribution in [0.25, 0.3) is 0 Å². The molecule has 1 aliphatic heterocycles. The van der Waals surface area contributed by atoms with E-state index in [9.17, 15) is 14.7 Å². The SMILES string of the molecule is CN1C[C@@H]2C[C@H](N(C)C(=O)c3cncc(O)c3)C[C@@H]2CC1=O. The number of piperidine rings is 1. The molecule has 2 fully saturated rings. The molecular formula is C16H21N3O3. The number of aromatic nitrogens is 1. The van der Waals surface area contributed by atoms with Gasteiger partial charge in [-0.25, -0.2) is 0 Å². The molecule has 1 saturated heterocycles. The van der Waals surface area contributed by atoms with Crippen molar-refractivity contribution in [3.63, 3.8) is 0 Å². The van der Waals surface area contributed by atoms with Gasteiger partial charge in [-0.15, -0.1) is 0 Å². The fourth-order valence-corrected chi connectivity index (χ4v) is 3.72. The summed E-state index contributed by atoms with van der Waals surface area (Å²) in [4.78, 5) is 31.7. The van der Waals surface area contributed by atoms with Gasteiger partial charge in [0.25, 0.3) is 5.91 Å². The van der Waals surface area contributed by atoms with Crippen LogP contribution in [0.5, 0.6) is 5.75 Å². The largest absolute Gasteiger partial charge is 0.506 e. The molecule has 118 valence electrons. The topological polar surface area (TPSA) is 73.7 Å². The Bertz CT molecular complexity index is 604. The molecule has 6 nitrogen and oxygen atoms in total. The van der Waals surface area contributed by atoms with Gasteiger partial charge >= 0.3 is 0 Å². The summed E-state index contributed by atoms with van der Waals surface area (Å²) in [5.41, 5.74) is 0.394. The highest BCUT2D eigenvalue weighted by Gasteiger charge is 2.42. The van der Waals surface area contributed by atoms with E-state index in [-0.39, 0.29) is 23.6 Å². The lowest BCUT2D eigenvalue weighted by molar-refractivity contribution is -0.134. The van der Waals surface area contributed by atoms with E-state index in [2.05, 4.69) is 4.98 Å². The fraction of sp³-hybridized carbons (Fsp3) is 0.562. The minimum absolute atomic E-state index is 0.00781. The zero-order valence-corrected chi connectivity index (χ0v) is 12.9. The molecule has 0 aromatic carbocycles. The van der Waals surface area contributed by atoms with Crippen LogP contribution in [-0.4, -0.2) is 58.4 Å². The van der Waals surface area contributed by atoms with Crippen molar-refractivity contribution in [3.8, 4) is 5.75 Å². The van der Waals surface area contributed by atoms with Crippen molar-refractivity contribution in [3.05, 3.63) is 24.0 Å². The van der Waals surface area contributed by atoms with Crippen molar-refractivity contribution in [1.82, 2.24) is 14.8 Å². The van der Waals surface area contributed by atoms with Gasteiger partial charge in [0, 0.05) is 39.3 Å². The maximum Gasteiger partial charge on any atom is 0.255 e. The Morgan fingerprint density at radius 2 is 2.09 bits per heavy atom. The summed E-state index contributed by atoms with van der Waals surface area (Å²) in [6, 6.07) is 1.58. The Morgan fingerprint density at radius 1 is 1.36 bits per heavy atom. The highest BCUT2D eigenvalue weighted by molar-refractivity contribution is 5.94. The number of aromatic hydroxyl groups is 1. The van der Waals surface area contributed by atoms with Crippen molar-refractivity contribution < 1.29 is 14.7 Å². The molecule has 0 spiro atoms. The maximum absolute atomic E-state index is 12.5. The van der Waals surface area contributed by atoms with E-state index in [0.29, 0.717) is 23.8 Å². The highest BCUT2D eigenvalue weighted by Crippen LogP contribution is 2.40. The van der Waals surface area contributed by atoms with E-state index in [0.717, 1.165) is 19.4 Å². The summed E-state index contributed by atoms with van der Waals surface area (Å²) in [6.45, 7) is 0.787. The Kier molecular flexibility index (Phi) is 3.76. The first-order chi connectivity index (χ1) is 10.5. The van der Waals surface area contributed by atoms with Gasteiger partial charge in [-0.2, -0.15) is 0 Å². The summed E-state index contributed by atoms with van der Waals surface area (Å²) >= 11 is 0. The molecule has 1 aliphatic carbocycles. The van der Waals surface area contributed by atoms with Crippen LogP contribution >= 0.6 is 0 Å². The second kappa shape index (κ2) is 5.59. The Labute approximate surface area is 129 Å². The van der Waals surface area contributed by atoms with Crippen LogP contribution in [0, 0.1) is 11.8 Å². The Morgan fingerprint density at radius 3 is 2.82 bits per heavy atom. The number of amides is 2. The molecule has 2 aliphatic rings. The van der Waals surface area contributed by atoms with Crippen LogP contribution in [0.15, 0.2) is 18.5 Å². The molecule has 2 heterocycles. The Hall–Kier alpha value is -2.11. The number of nitrogens with zero attached hydrogens (tertiary/aromatic N) is 3. The van der Waals surface area contributed by atoms with Gasteiger partial charge in [0.15, 0.2) is 0 Å². The molecule has 2 amide bonds. The average molecular weight is 303 g/mol. The third-order valence-electron chi connectivity index (χ3n) is 5.03. The number of carbonyl (C=O) groups excluding carboxylic acids is 2. The standard InChI is InChI=1S/C16H21N3O3/c1-18-9-12-4-13(3-10(12)6-15(18)21)19(2)16(22)11-5-14(20)8-17-7-11/h5,7-8,10,12-13,20H,3-4,6,9H2,1-2H3/t10-,12+,13-/m1/s1. The van der Waals surface area contributed by atoms with E-state index in [1.807, 2.05) is 7.05 Å². The first-order valence-corrected chi connectivity index (χ1v) is 7.61. The fourth-order valence-electron chi connectivity index (χ4n) is 3.72. The lowest BCUT2D eigenvalue weighted by Crippen LogP contribution is -2.39. The number of carbonyl (C=O) groups is 2. The molecular weight excluding hydrogens is 282 g/mol. The van der Waals surface area contributed by atoms with Gasteiger partial charge in [-0.1, -0.05) is 0 Å². The zero-order valence-electron chi connectivity index (χ0n) is 12.9. The molecule has 0 bridgehead atoms. The van der Waals surface area contributed by atoms with Crippen LogP contribution < -0.4 is 0 Å². The predicted octanol–water partition coefficient (Wildman–Crippen LogP) is 1.12. The molecule has 1 saturated carbocycles. The van der Waals surface area contributed by atoms with E-state index in [1.54, 1.807) is 16.8 Å². The van der Waals surface area contributed by atoms with Gasteiger partial charge in [0.2, 0.25) is 5.91 Å². The maximum atomic E-state index is 12.5. The summed E-state index contributed by atoms with van der Waals surface area (Å²) < 4.78 is 0. The van der Waals surface area contributed by atoms with Crippen LogP contribution in [-0.2, 0) is 4.79 Å². The molecule has 0 radical (unpaired) electrons. The smallest absolute Gasteiger partial charge is 0.255 e. The normalized spacial score (nSPS) is 27.6. The van der Waals surface area contributed by atoms with Crippen LogP contribution in [0.4, 0.5) is 0 Å². The van der Waals surface area contributed by atoms with Gasteiger partial charge in [0.05, 0.1) is 11.8 Å². The van der Waals surface area contributed by atoms with E-state index < -0.39 is 0 Å². The minimum atomic E-state index is -0.133. The average Bonchev–Trinajstić information content (AvgIpc) is 2.89. The highest BCUT2D eigenvalue weighted by atomic mass is 16.3. The van der Waals surface area contributed by atoms with Crippen LogP contribution in [0.2, 0.25) is 0 Å². The van der Waals surface area contributed by atoms with Gasteiger partial charge in [-0.3, -0.25) is 14.6 Å². The third kappa shape index (κ3) is 2.65. The molecule has 1 aromatic heterocycles. The van der Waals surface area contributed by atoms with Crippen molar-refractivity contribution >= 4 is 11.8 Å². The van der Waals surface area contributed by atoms with Crippen molar-refractivity contribution in [2.24, 2.45) is 11.8 Å². The number of fused-ring (bicyclic) bond motifs is 1. The molecule has 1 N–H and O–H groups in total. The Balaban J connectivity index is 1.70. The second-order valence-electron chi connectivity index (χ2n) is 6.47. The van der Waals surface area contributed by atoms with Crippen molar-refractivity contribution in [2.75, 3.05) is 20.6 Å². The minimum Gasteiger partial charge on any atom is -0.506 e. The number of rotatable bonds is 2. The molecule has 0 unspecified atom stereocenters. The zero-order chi connectivity index (χ0) is 15.9. The summed E-state index contributed by atoms with van der Waals surface area (Å²) in [7, 11) is 3.64. The molecule has 22 heavy (non-hydrogen) atoms. The second-order valence-corrected chi connectivity index (χ2v) is 6.47. The van der Waals surface area contributed by atoms with E-state index >= 15 is 0 Å². The van der Waals surface area contributed by atoms with Crippen LogP contribution in [0.3, 0.4) is 0 Å². The van der Waals surface area contributed by atoms with Crippen LogP contribution in [0.1, 0.15) is 29.6 Å². The summed E-state index contributed by atoms with van der Waals surface area (Å²) in [5, 5.41) is 9.46. The number of likely N-dealkylation sites (tertiary alicyclic amines) is 1. The lowest BCUT2D eigenvalue weighted by Gasteiger charge is -2.31. The van der Waals surface area contributed by atoms with Gasteiger partial charge in [-0.05, 0) is 30.7 Å². The number of hydrogen-bond acceptors (Lipinski definition) is 4. The van der Waals surface area contributed by atoms with Gasteiger partial charge < -0.3 is 14.9 Å².